The van der Waals surface area contributed by atoms with Gasteiger partial charge in [0.05, 0.1) is 17.5 Å². The maximum Gasteiger partial charge on any atom is 0.290 e. The van der Waals surface area contributed by atoms with Gasteiger partial charge >= 0.3 is 0 Å². The maximum absolute atomic E-state index is 12.3. The molecule has 0 aromatic heterocycles. The molecule has 2 heterocycles. The number of likely N-dealkylation sites (tertiary alicyclic amines) is 1. The molecule has 0 saturated carbocycles. The first-order valence-electron chi connectivity index (χ1n) is 6.76. The molecule has 0 radical (unpaired) electrons. The Morgan fingerprint density at radius 1 is 1.30 bits per heavy atom. The molecule has 0 bridgehead atoms. The van der Waals surface area contributed by atoms with Gasteiger partial charge in [-0.05, 0) is 25.9 Å². The molecule has 1 amide bonds. The fourth-order valence-corrected chi connectivity index (χ4v) is 3.83. The Kier molecular flexibility index (Phi) is 6.41. The molecule has 0 spiro atoms. The van der Waals surface area contributed by atoms with Crippen molar-refractivity contribution in [2.24, 2.45) is 0 Å². The predicted octanol–water partition coefficient (Wildman–Crippen LogP) is -0.571. The fraction of sp³-hybridized carbons (Fsp3) is 0.833. The summed E-state index contributed by atoms with van der Waals surface area (Å²) in [4.78, 5) is 24.5. The molecule has 0 aliphatic carbocycles. The molecule has 2 fully saturated rings. The van der Waals surface area contributed by atoms with E-state index in [1.165, 1.54) is 0 Å². The van der Waals surface area contributed by atoms with Crippen molar-refractivity contribution in [3.8, 4) is 0 Å². The highest BCUT2D eigenvalue weighted by atomic mass is 32.2. The summed E-state index contributed by atoms with van der Waals surface area (Å²) >= 11 is 0. The lowest BCUT2D eigenvalue weighted by Crippen LogP contribution is -2.50. The summed E-state index contributed by atoms with van der Waals surface area (Å²) in [7, 11) is -2.90. The summed E-state index contributed by atoms with van der Waals surface area (Å²) in [6, 6.07) is -0.0131. The standard InChI is InChI=1S/C11H20N2O3S.CH2O2/c1-2-12-5-3-4-10(12)11(14)13-6-8-17(15,16)9-7-13;2-1-3/h10H,2-9H2,1H3;1H,(H,2,3)/t10-;/m0./s1. The molecule has 2 aliphatic heterocycles. The zero-order valence-corrected chi connectivity index (χ0v) is 12.5. The summed E-state index contributed by atoms with van der Waals surface area (Å²) < 4.78 is 22.6. The quantitative estimate of drug-likeness (QED) is 0.686. The third-order valence-corrected chi connectivity index (χ3v) is 5.32. The molecule has 2 saturated heterocycles. The van der Waals surface area contributed by atoms with E-state index < -0.39 is 9.84 Å². The molecule has 116 valence electrons. The summed E-state index contributed by atoms with van der Waals surface area (Å²) in [5.41, 5.74) is 0. The van der Waals surface area contributed by atoms with Crippen LogP contribution in [0.4, 0.5) is 0 Å². The number of hydrogen-bond acceptors (Lipinski definition) is 5. The van der Waals surface area contributed by atoms with Crippen molar-refractivity contribution in [2.75, 3.05) is 37.7 Å². The van der Waals surface area contributed by atoms with Crippen molar-refractivity contribution in [3.63, 3.8) is 0 Å². The van der Waals surface area contributed by atoms with E-state index in [1.807, 2.05) is 0 Å². The molecule has 0 unspecified atom stereocenters. The molecular formula is C12H22N2O5S. The van der Waals surface area contributed by atoms with Gasteiger partial charge in [-0.1, -0.05) is 6.92 Å². The van der Waals surface area contributed by atoms with Crippen LogP contribution < -0.4 is 0 Å². The van der Waals surface area contributed by atoms with Gasteiger partial charge in [-0.25, -0.2) is 8.42 Å². The Labute approximate surface area is 119 Å². The molecule has 0 aromatic rings. The molecule has 2 aliphatic rings. The average molecular weight is 306 g/mol. The Morgan fingerprint density at radius 3 is 2.35 bits per heavy atom. The van der Waals surface area contributed by atoms with Gasteiger partial charge in [-0.3, -0.25) is 14.5 Å². The van der Waals surface area contributed by atoms with Gasteiger partial charge in [0.25, 0.3) is 6.47 Å². The van der Waals surface area contributed by atoms with E-state index in [9.17, 15) is 13.2 Å². The molecule has 1 N–H and O–H groups in total. The van der Waals surface area contributed by atoms with Crippen LogP contribution in [-0.4, -0.2) is 79.4 Å². The van der Waals surface area contributed by atoms with Crippen LogP contribution in [0, 0.1) is 0 Å². The highest BCUT2D eigenvalue weighted by Gasteiger charge is 2.34. The van der Waals surface area contributed by atoms with Crippen LogP contribution in [0.3, 0.4) is 0 Å². The number of nitrogens with zero attached hydrogens (tertiary/aromatic N) is 2. The number of amides is 1. The van der Waals surface area contributed by atoms with Crippen LogP contribution in [-0.2, 0) is 19.4 Å². The highest BCUT2D eigenvalue weighted by Crippen LogP contribution is 2.19. The molecular weight excluding hydrogens is 284 g/mol. The normalized spacial score (nSPS) is 25.6. The van der Waals surface area contributed by atoms with Gasteiger partial charge in [-0.2, -0.15) is 0 Å². The van der Waals surface area contributed by atoms with Crippen molar-refractivity contribution in [2.45, 2.75) is 25.8 Å². The van der Waals surface area contributed by atoms with E-state index in [-0.39, 0.29) is 29.9 Å². The minimum Gasteiger partial charge on any atom is -0.483 e. The zero-order chi connectivity index (χ0) is 15.2. The first kappa shape index (κ1) is 16.9. The van der Waals surface area contributed by atoms with E-state index in [1.54, 1.807) is 4.90 Å². The Bertz CT molecular complexity index is 423. The van der Waals surface area contributed by atoms with E-state index in [0.717, 1.165) is 25.9 Å². The van der Waals surface area contributed by atoms with Crippen LogP contribution in [0.25, 0.3) is 0 Å². The second kappa shape index (κ2) is 7.58. The van der Waals surface area contributed by atoms with E-state index in [0.29, 0.717) is 13.1 Å². The number of carboxylic acid groups (broad SMARTS) is 1. The maximum atomic E-state index is 12.3. The van der Waals surface area contributed by atoms with Gasteiger partial charge in [0, 0.05) is 13.1 Å². The van der Waals surface area contributed by atoms with E-state index >= 15 is 0 Å². The van der Waals surface area contributed by atoms with Crippen LogP contribution in [0.2, 0.25) is 0 Å². The van der Waals surface area contributed by atoms with Gasteiger partial charge in [0.2, 0.25) is 5.91 Å². The highest BCUT2D eigenvalue weighted by molar-refractivity contribution is 7.91. The van der Waals surface area contributed by atoms with Gasteiger partial charge < -0.3 is 10.0 Å². The second-order valence-electron chi connectivity index (χ2n) is 4.87. The number of hydrogen-bond donors (Lipinski definition) is 1. The lowest BCUT2D eigenvalue weighted by molar-refractivity contribution is -0.135. The number of likely N-dealkylation sites (N-methyl/N-ethyl adjacent to an activating group) is 1. The third kappa shape index (κ3) is 4.45. The number of rotatable bonds is 2. The first-order chi connectivity index (χ1) is 9.45. The first-order valence-corrected chi connectivity index (χ1v) is 8.58. The topological polar surface area (TPSA) is 95.0 Å². The summed E-state index contributed by atoms with van der Waals surface area (Å²) in [6.45, 7) is 4.43. The summed E-state index contributed by atoms with van der Waals surface area (Å²) in [6.07, 6.45) is 1.98. The van der Waals surface area contributed by atoms with Crippen molar-refractivity contribution in [1.82, 2.24) is 9.80 Å². The smallest absolute Gasteiger partial charge is 0.290 e. The van der Waals surface area contributed by atoms with Crippen molar-refractivity contribution >= 4 is 22.2 Å². The van der Waals surface area contributed by atoms with Crippen LogP contribution in [0.5, 0.6) is 0 Å². The Morgan fingerprint density at radius 2 is 1.85 bits per heavy atom. The van der Waals surface area contributed by atoms with Crippen LogP contribution >= 0.6 is 0 Å². The zero-order valence-electron chi connectivity index (χ0n) is 11.7. The number of carbonyl (C=O) groups is 2. The van der Waals surface area contributed by atoms with E-state index in [2.05, 4.69) is 11.8 Å². The van der Waals surface area contributed by atoms with Crippen molar-refractivity contribution in [3.05, 3.63) is 0 Å². The Hall–Kier alpha value is -1.15. The summed E-state index contributed by atoms with van der Waals surface area (Å²) in [5, 5.41) is 6.89. The van der Waals surface area contributed by atoms with Crippen LogP contribution in [0.15, 0.2) is 0 Å². The average Bonchev–Trinajstić information content (AvgIpc) is 2.87. The lowest BCUT2D eigenvalue weighted by Gasteiger charge is -2.32. The largest absolute Gasteiger partial charge is 0.483 e. The molecule has 1 atom stereocenters. The van der Waals surface area contributed by atoms with Gasteiger partial charge in [-0.15, -0.1) is 0 Å². The molecule has 20 heavy (non-hydrogen) atoms. The predicted molar refractivity (Wildman–Crippen MR) is 74.2 cm³/mol. The lowest BCUT2D eigenvalue weighted by atomic mass is 10.2. The molecule has 2 rings (SSSR count). The fourth-order valence-electron chi connectivity index (χ4n) is 2.63. The van der Waals surface area contributed by atoms with Crippen LogP contribution in [0.1, 0.15) is 19.8 Å². The van der Waals surface area contributed by atoms with Gasteiger partial charge in [0.15, 0.2) is 9.84 Å². The molecule has 7 nitrogen and oxygen atoms in total. The SMILES string of the molecule is CCN1CCC[C@H]1C(=O)N1CCS(=O)(=O)CC1.O=CO. The number of sulfone groups is 1. The minimum atomic E-state index is -2.90. The van der Waals surface area contributed by atoms with Crippen molar-refractivity contribution in [1.29, 1.82) is 0 Å². The third-order valence-electron chi connectivity index (χ3n) is 3.71. The van der Waals surface area contributed by atoms with Gasteiger partial charge in [0.1, 0.15) is 0 Å². The van der Waals surface area contributed by atoms with Crippen molar-refractivity contribution < 1.29 is 23.1 Å². The Balaban J connectivity index is 0.000000612. The number of carbonyl (C=O) groups excluding carboxylic acids is 1. The molecule has 8 heteroatoms. The minimum absolute atomic E-state index is 0.0131. The summed E-state index contributed by atoms with van der Waals surface area (Å²) in [5.74, 6) is 0.370. The monoisotopic (exact) mass is 306 g/mol. The van der Waals surface area contributed by atoms with E-state index in [4.69, 9.17) is 9.90 Å². The second-order valence-corrected chi connectivity index (χ2v) is 7.17. The molecule has 0 aromatic carbocycles.